The molecule has 3 nitrogen and oxygen atoms in total. The smallest absolute Gasteiger partial charge is 0.310 e. The number of hydrogen-bond acceptors (Lipinski definition) is 3. The number of methoxy groups -OCH3 is 1. The van der Waals surface area contributed by atoms with Crippen molar-refractivity contribution in [1.82, 2.24) is 5.32 Å². The molecule has 4 heteroatoms. The third-order valence-electron chi connectivity index (χ3n) is 3.90. The summed E-state index contributed by atoms with van der Waals surface area (Å²) in [6, 6.07) is 0. The topological polar surface area (TPSA) is 38.3 Å². The fourth-order valence-corrected chi connectivity index (χ4v) is 3.06. The lowest BCUT2D eigenvalue weighted by Crippen LogP contribution is -2.37. The second-order valence-corrected chi connectivity index (χ2v) is 4.63. The first-order chi connectivity index (χ1) is 6.78. The molecule has 2 aliphatic rings. The maximum atomic E-state index is 11.6. The summed E-state index contributed by atoms with van der Waals surface area (Å²) >= 11 is 0. The Hall–Kier alpha value is -0.280. The highest BCUT2D eigenvalue weighted by Gasteiger charge is 2.47. The molecule has 0 radical (unpaired) electrons. The highest BCUT2D eigenvalue weighted by molar-refractivity contribution is 5.85. The SMILES string of the molecule is COC(=O)C1CNCC12CCCCC2.Cl. The molecule has 1 saturated heterocycles. The minimum absolute atomic E-state index is 0. The largest absolute Gasteiger partial charge is 0.469 e. The van der Waals surface area contributed by atoms with E-state index >= 15 is 0 Å². The van der Waals surface area contributed by atoms with Crippen LogP contribution in [0.15, 0.2) is 0 Å². The molecular formula is C11H20ClNO2. The Bertz CT molecular complexity index is 227. The van der Waals surface area contributed by atoms with Gasteiger partial charge < -0.3 is 10.1 Å². The van der Waals surface area contributed by atoms with E-state index in [0.717, 1.165) is 13.1 Å². The normalized spacial score (nSPS) is 28.5. The van der Waals surface area contributed by atoms with E-state index in [1.165, 1.54) is 39.2 Å². The molecule has 0 bridgehead atoms. The molecule has 88 valence electrons. The van der Waals surface area contributed by atoms with Crippen molar-refractivity contribution in [2.24, 2.45) is 11.3 Å². The molecule has 0 amide bonds. The molecule has 0 aromatic heterocycles. The molecule has 1 saturated carbocycles. The lowest BCUT2D eigenvalue weighted by Gasteiger charge is -2.36. The molecule has 1 atom stereocenters. The third-order valence-corrected chi connectivity index (χ3v) is 3.90. The maximum Gasteiger partial charge on any atom is 0.310 e. The first-order valence-corrected chi connectivity index (χ1v) is 5.57. The van der Waals surface area contributed by atoms with Crippen LogP contribution in [-0.2, 0) is 9.53 Å². The predicted octanol–water partition coefficient (Wildman–Crippen LogP) is 1.75. The van der Waals surface area contributed by atoms with Crippen molar-refractivity contribution in [1.29, 1.82) is 0 Å². The summed E-state index contributed by atoms with van der Waals surface area (Å²) in [5.74, 6) is 0.0877. The second kappa shape index (κ2) is 5.17. The Kier molecular flexibility index (Phi) is 4.41. The lowest BCUT2D eigenvalue weighted by molar-refractivity contribution is -0.149. The summed E-state index contributed by atoms with van der Waals surface area (Å²) in [5.41, 5.74) is 0.228. The monoisotopic (exact) mass is 233 g/mol. The summed E-state index contributed by atoms with van der Waals surface area (Å²) < 4.78 is 4.88. The summed E-state index contributed by atoms with van der Waals surface area (Å²) in [7, 11) is 1.50. The molecule has 1 aliphatic heterocycles. The van der Waals surface area contributed by atoms with Gasteiger partial charge in [0.1, 0.15) is 0 Å². The van der Waals surface area contributed by atoms with E-state index in [9.17, 15) is 4.79 Å². The van der Waals surface area contributed by atoms with Gasteiger partial charge in [0.15, 0.2) is 0 Å². The van der Waals surface area contributed by atoms with Crippen LogP contribution < -0.4 is 5.32 Å². The summed E-state index contributed by atoms with van der Waals surface area (Å²) in [5, 5.41) is 3.35. The highest BCUT2D eigenvalue weighted by atomic mass is 35.5. The van der Waals surface area contributed by atoms with Gasteiger partial charge in [-0.25, -0.2) is 0 Å². The van der Waals surface area contributed by atoms with Crippen molar-refractivity contribution in [2.45, 2.75) is 32.1 Å². The fraction of sp³-hybridized carbons (Fsp3) is 0.909. The van der Waals surface area contributed by atoms with Crippen LogP contribution in [0.4, 0.5) is 0 Å². The Morgan fingerprint density at radius 1 is 1.33 bits per heavy atom. The van der Waals surface area contributed by atoms with Gasteiger partial charge >= 0.3 is 5.97 Å². The van der Waals surface area contributed by atoms with Gasteiger partial charge in [-0.2, -0.15) is 0 Å². The van der Waals surface area contributed by atoms with Gasteiger partial charge in [-0.15, -0.1) is 12.4 Å². The first-order valence-electron chi connectivity index (χ1n) is 5.57. The van der Waals surface area contributed by atoms with Gasteiger partial charge in [0, 0.05) is 13.1 Å². The molecule has 1 aliphatic carbocycles. The number of halogens is 1. The van der Waals surface area contributed by atoms with Crippen LogP contribution in [0.3, 0.4) is 0 Å². The molecule has 1 unspecified atom stereocenters. The molecule has 1 heterocycles. The third kappa shape index (κ3) is 2.28. The standard InChI is InChI=1S/C11H19NO2.ClH/c1-14-10(13)9-7-12-8-11(9)5-3-2-4-6-11;/h9,12H,2-8H2,1H3;1H. The average molecular weight is 234 g/mol. The van der Waals surface area contributed by atoms with Crippen LogP contribution >= 0.6 is 12.4 Å². The van der Waals surface area contributed by atoms with E-state index in [4.69, 9.17) is 4.74 Å². The van der Waals surface area contributed by atoms with Gasteiger partial charge in [-0.3, -0.25) is 4.79 Å². The number of nitrogens with one attached hydrogen (secondary N) is 1. The quantitative estimate of drug-likeness (QED) is 0.702. The van der Waals surface area contributed by atoms with Crippen LogP contribution in [-0.4, -0.2) is 26.2 Å². The Morgan fingerprint density at radius 3 is 2.60 bits per heavy atom. The summed E-state index contributed by atoms with van der Waals surface area (Å²) in [6.45, 7) is 1.82. The molecule has 2 fully saturated rings. The van der Waals surface area contributed by atoms with Crippen molar-refractivity contribution >= 4 is 18.4 Å². The Labute approximate surface area is 97.4 Å². The minimum atomic E-state index is -0.0168. The zero-order chi connectivity index (χ0) is 10.0. The van der Waals surface area contributed by atoms with E-state index < -0.39 is 0 Å². The number of hydrogen-bond donors (Lipinski definition) is 1. The van der Waals surface area contributed by atoms with Crippen molar-refractivity contribution in [3.05, 3.63) is 0 Å². The van der Waals surface area contributed by atoms with Crippen LogP contribution in [0.25, 0.3) is 0 Å². The van der Waals surface area contributed by atoms with Crippen LogP contribution in [0, 0.1) is 11.3 Å². The van der Waals surface area contributed by atoms with Crippen molar-refractivity contribution in [3.8, 4) is 0 Å². The van der Waals surface area contributed by atoms with Gasteiger partial charge in [-0.05, 0) is 18.3 Å². The predicted molar refractivity (Wildman–Crippen MR) is 61.1 cm³/mol. The van der Waals surface area contributed by atoms with Gasteiger partial charge in [-0.1, -0.05) is 19.3 Å². The number of ether oxygens (including phenoxy) is 1. The van der Waals surface area contributed by atoms with E-state index in [1.54, 1.807) is 0 Å². The summed E-state index contributed by atoms with van der Waals surface area (Å²) in [6.07, 6.45) is 6.26. The number of carbonyl (C=O) groups excluding carboxylic acids is 1. The minimum Gasteiger partial charge on any atom is -0.469 e. The van der Waals surface area contributed by atoms with Gasteiger partial charge in [0.05, 0.1) is 13.0 Å². The second-order valence-electron chi connectivity index (χ2n) is 4.63. The fourth-order valence-electron chi connectivity index (χ4n) is 3.06. The van der Waals surface area contributed by atoms with Crippen molar-refractivity contribution in [2.75, 3.05) is 20.2 Å². The molecule has 2 rings (SSSR count). The van der Waals surface area contributed by atoms with E-state index in [-0.39, 0.29) is 29.7 Å². The van der Waals surface area contributed by atoms with Gasteiger partial charge in [0.2, 0.25) is 0 Å². The van der Waals surface area contributed by atoms with Crippen molar-refractivity contribution < 1.29 is 9.53 Å². The lowest BCUT2D eigenvalue weighted by atomic mass is 9.68. The zero-order valence-corrected chi connectivity index (χ0v) is 10.1. The van der Waals surface area contributed by atoms with E-state index in [2.05, 4.69) is 5.32 Å². The van der Waals surface area contributed by atoms with Gasteiger partial charge in [0.25, 0.3) is 0 Å². The molecule has 1 spiro atoms. The van der Waals surface area contributed by atoms with Crippen LogP contribution in [0.5, 0.6) is 0 Å². The van der Waals surface area contributed by atoms with E-state index in [0.29, 0.717) is 0 Å². The Balaban J connectivity index is 0.00000112. The molecule has 0 aromatic carbocycles. The van der Waals surface area contributed by atoms with Crippen LogP contribution in [0.1, 0.15) is 32.1 Å². The van der Waals surface area contributed by atoms with E-state index in [1.807, 2.05) is 0 Å². The molecular weight excluding hydrogens is 214 g/mol. The highest BCUT2D eigenvalue weighted by Crippen LogP contribution is 2.45. The average Bonchev–Trinajstić information content (AvgIpc) is 2.62. The molecule has 1 N–H and O–H groups in total. The zero-order valence-electron chi connectivity index (χ0n) is 9.25. The Morgan fingerprint density at radius 2 is 2.00 bits per heavy atom. The number of rotatable bonds is 1. The summed E-state index contributed by atoms with van der Waals surface area (Å²) in [4.78, 5) is 11.6. The number of carbonyl (C=O) groups is 1. The molecule has 0 aromatic rings. The maximum absolute atomic E-state index is 11.6. The molecule has 15 heavy (non-hydrogen) atoms. The number of esters is 1. The first kappa shape index (κ1) is 12.8. The van der Waals surface area contributed by atoms with Crippen LogP contribution in [0.2, 0.25) is 0 Å². The van der Waals surface area contributed by atoms with Crippen molar-refractivity contribution in [3.63, 3.8) is 0 Å².